The molecule has 1 aliphatic rings. The van der Waals surface area contributed by atoms with Crippen LogP contribution in [0.5, 0.6) is 0 Å². The Morgan fingerprint density at radius 1 is 1.16 bits per heavy atom. The van der Waals surface area contributed by atoms with Crippen LogP contribution in [0.4, 0.5) is 4.39 Å². The maximum Gasteiger partial charge on any atom is 0.244 e. The summed E-state index contributed by atoms with van der Waals surface area (Å²) < 4.78 is 47.4. The number of rotatable bonds is 8. The molecule has 2 N–H and O–H groups in total. The zero-order valence-corrected chi connectivity index (χ0v) is 19.7. The number of hydrogen-bond acceptors (Lipinski definition) is 4. The van der Waals surface area contributed by atoms with Gasteiger partial charge in [0.1, 0.15) is 16.8 Å². The van der Waals surface area contributed by atoms with Crippen molar-refractivity contribution in [3.63, 3.8) is 0 Å². The minimum absolute atomic E-state index is 0.306. The highest BCUT2D eigenvalue weighted by Gasteiger charge is 2.37. The molecular formula is C23H28ClFN2O4S. The predicted molar refractivity (Wildman–Crippen MR) is 122 cm³/mol. The van der Waals surface area contributed by atoms with Gasteiger partial charge >= 0.3 is 0 Å². The Balaban J connectivity index is 1.79. The summed E-state index contributed by atoms with van der Waals surface area (Å²) >= 11 is 6.20. The molecule has 0 bridgehead atoms. The summed E-state index contributed by atoms with van der Waals surface area (Å²) in [5, 5.41) is 3.53. The van der Waals surface area contributed by atoms with Crippen molar-refractivity contribution < 1.29 is 22.3 Å². The fourth-order valence-corrected chi connectivity index (χ4v) is 5.51. The maximum absolute atomic E-state index is 14.1. The molecule has 0 unspecified atom stereocenters. The third-order valence-corrected chi connectivity index (χ3v) is 7.55. The van der Waals surface area contributed by atoms with Crippen molar-refractivity contribution in [2.75, 3.05) is 19.8 Å². The number of hydrogen-bond donors (Lipinski definition) is 2. The minimum Gasteiger partial charge on any atom is -0.381 e. The SMILES string of the molecule is CC(C)[C@H](NS(=O)(=O)c1ccccc1F)C(=O)NCC1(c2cccc(Cl)c2)CCOCC1. The molecule has 1 aliphatic heterocycles. The number of nitrogens with one attached hydrogen (secondary N) is 2. The largest absolute Gasteiger partial charge is 0.381 e. The summed E-state index contributed by atoms with van der Waals surface area (Å²) in [6.07, 6.45) is 1.39. The number of halogens is 2. The van der Waals surface area contributed by atoms with E-state index in [0.717, 1.165) is 11.6 Å². The van der Waals surface area contributed by atoms with Crippen LogP contribution in [0.1, 0.15) is 32.3 Å². The Morgan fingerprint density at radius 2 is 1.84 bits per heavy atom. The van der Waals surface area contributed by atoms with Crippen molar-refractivity contribution in [2.45, 2.75) is 43.0 Å². The number of benzene rings is 2. The van der Waals surface area contributed by atoms with Gasteiger partial charge < -0.3 is 10.1 Å². The molecule has 32 heavy (non-hydrogen) atoms. The second-order valence-electron chi connectivity index (χ2n) is 8.39. The van der Waals surface area contributed by atoms with Gasteiger partial charge in [-0.15, -0.1) is 0 Å². The van der Waals surface area contributed by atoms with Gasteiger partial charge in [-0.3, -0.25) is 4.79 Å². The Kier molecular flexibility index (Phi) is 7.92. The quantitative estimate of drug-likeness (QED) is 0.601. The van der Waals surface area contributed by atoms with Crippen LogP contribution in [-0.2, 0) is 25.0 Å². The molecule has 3 rings (SSSR count). The maximum atomic E-state index is 14.1. The lowest BCUT2D eigenvalue weighted by atomic mass is 9.74. The van der Waals surface area contributed by atoms with Crippen LogP contribution < -0.4 is 10.0 Å². The molecule has 1 heterocycles. The van der Waals surface area contributed by atoms with Gasteiger partial charge in [-0.1, -0.05) is 49.7 Å². The highest BCUT2D eigenvalue weighted by molar-refractivity contribution is 7.89. The van der Waals surface area contributed by atoms with E-state index >= 15 is 0 Å². The third-order valence-electron chi connectivity index (χ3n) is 5.85. The lowest BCUT2D eigenvalue weighted by molar-refractivity contribution is -0.124. The van der Waals surface area contributed by atoms with Crippen molar-refractivity contribution in [1.29, 1.82) is 0 Å². The normalized spacial score (nSPS) is 17.2. The number of amides is 1. The molecule has 2 aromatic carbocycles. The van der Waals surface area contributed by atoms with Crippen molar-refractivity contribution in [2.24, 2.45) is 5.92 Å². The molecule has 1 amide bonds. The number of sulfonamides is 1. The number of carbonyl (C=O) groups excluding carboxylic acids is 1. The average molecular weight is 483 g/mol. The summed E-state index contributed by atoms with van der Waals surface area (Å²) in [6.45, 7) is 4.87. The highest BCUT2D eigenvalue weighted by atomic mass is 35.5. The first-order chi connectivity index (χ1) is 15.1. The Hall–Kier alpha value is -2.00. The van der Waals surface area contributed by atoms with E-state index in [0.29, 0.717) is 37.6 Å². The summed E-state index contributed by atoms with van der Waals surface area (Å²) in [4.78, 5) is 12.6. The minimum atomic E-state index is -4.22. The monoisotopic (exact) mass is 482 g/mol. The molecule has 0 aromatic heterocycles. The Bertz CT molecular complexity index is 1060. The van der Waals surface area contributed by atoms with Gasteiger partial charge in [-0.05, 0) is 48.6 Å². The van der Waals surface area contributed by atoms with Gasteiger partial charge in [0.25, 0.3) is 0 Å². The topological polar surface area (TPSA) is 84.5 Å². The molecule has 0 spiro atoms. The molecular weight excluding hydrogens is 455 g/mol. The number of ether oxygens (including phenoxy) is 1. The zero-order valence-electron chi connectivity index (χ0n) is 18.1. The van der Waals surface area contributed by atoms with Gasteiger partial charge in [0.05, 0.1) is 0 Å². The second kappa shape index (κ2) is 10.3. The molecule has 1 fully saturated rings. The van der Waals surface area contributed by atoms with Crippen LogP contribution in [0.15, 0.2) is 53.4 Å². The Morgan fingerprint density at radius 3 is 2.47 bits per heavy atom. The smallest absolute Gasteiger partial charge is 0.244 e. The van der Waals surface area contributed by atoms with E-state index < -0.39 is 32.7 Å². The van der Waals surface area contributed by atoms with E-state index in [2.05, 4.69) is 10.0 Å². The van der Waals surface area contributed by atoms with Crippen LogP contribution in [0.25, 0.3) is 0 Å². The third kappa shape index (κ3) is 5.67. The fraction of sp³-hybridized carbons (Fsp3) is 0.435. The van der Waals surface area contributed by atoms with Gasteiger partial charge in [0, 0.05) is 30.2 Å². The summed E-state index contributed by atoms with van der Waals surface area (Å²) in [7, 11) is -4.22. The van der Waals surface area contributed by atoms with Crippen LogP contribution in [-0.4, -0.2) is 40.1 Å². The molecule has 2 aromatic rings. The molecule has 6 nitrogen and oxygen atoms in total. The van der Waals surface area contributed by atoms with E-state index in [1.807, 2.05) is 18.2 Å². The van der Waals surface area contributed by atoms with E-state index in [4.69, 9.17) is 16.3 Å². The van der Waals surface area contributed by atoms with E-state index in [-0.39, 0.29) is 11.3 Å². The summed E-state index contributed by atoms with van der Waals surface area (Å²) in [5.74, 6) is -1.69. The van der Waals surface area contributed by atoms with Crippen molar-refractivity contribution in [3.8, 4) is 0 Å². The predicted octanol–water partition coefficient (Wildman–Crippen LogP) is 3.65. The van der Waals surface area contributed by atoms with Crippen molar-refractivity contribution in [3.05, 3.63) is 64.9 Å². The fourth-order valence-electron chi connectivity index (χ4n) is 3.90. The average Bonchev–Trinajstić information content (AvgIpc) is 2.76. The molecule has 174 valence electrons. The van der Waals surface area contributed by atoms with Gasteiger partial charge in [0.2, 0.25) is 15.9 Å². The first-order valence-corrected chi connectivity index (χ1v) is 12.4. The van der Waals surface area contributed by atoms with Gasteiger partial charge in [0.15, 0.2) is 0 Å². The highest BCUT2D eigenvalue weighted by Crippen LogP contribution is 2.35. The lowest BCUT2D eigenvalue weighted by Gasteiger charge is -2.38. The molecule has 0 aliphatic carbocycles. The van der Waals surface area contributed by atoms with Crippen molar-refractivity contribution in [1.82, 2.24) is 10.0 Å². The van der Waals surface area contributed by atoms with Crippen LogP contribution in [0.3, 0.4) is 0 Å². The molecule has 1 atom stereocenters. The Labute approximate surface area is 193 Å². The van der Waals surface area contributed by atoms with Crippen LogP contribution in [0.2, 0.25) is 5.02 Å². The molecule has 0 saturated carbocycles. The summed E-state index contributed by atoms with van der Waals surface area (Å²) in [6, 6.07) is 11.5. The zero-order chi connectivity index (χ0) is 23.4. The standard InChI is InChI=1S/C23H28ClFN2O4S/c1-16(2)21(27-32(29,30)20-9-4-3-8-19(20)25)22(28)26-15-23(10-12-31-13-11-23)17-6-5-7-18(24)14-17/h3-9,14,16,21,27H,10-13,15H2,1-2H3,(H,26,28)/t21-/m0/s1. The first-order valence-electron chi connectivity index (χ1n) is 10.5. The van der Waals surface area contributed by atoms with E-state index in [1.54, 1.807) is 19.9 Å². The molecule has 9 heteroatoms. The van der Waals surface area contributed by atoms with Crippen molar-refractivity contribution >= 4 is 27.5 Å². The summed E-state index contributed by atoms with van der Waals surface area (Å²) in [5.41, 5.74) is 0.631. The first kappa shape index (κ1) is 24.6. The van der Waals surface area contributed by atoms with E-state index in [1.165, 1.54) is 18.2 Å². The van der Waals surface area contributed by atoms with Gasteiger partial charge in [-0.25, -0.2) is 12.8 Å². The second-order valence-corrected chi connectivity index (χ2v) is 10.5. The van der Waals surface area contributed by atoms with Crippen LogP contribution >= 0.6 is 11.6 Å². The molecule has 1 saturated heterocycles. The van der Waals surface area contributed by atoms with Gasteiger partial charge in [-0.2, -0.15) is 4.72 Å². The lowest BCUT2D eigenvalue weighted by Crippen LogP contribution is -2.53. The molecule has 0 radical (unpaired) electrons. The van der Waals surface area contributed by atoms with Crippen LogP contribution in [0, 0.1) is 11.7 Å². The number of carbonyl (C=O) groups is 1. The van der Waals surface area contributed by atoms with E-state index in [9.17, 15) is 17.6 Å².